The highest BCUT2D eigenvalue weighted by atomic mass is 32.2. The largest absolute Gasteiger partial charge is 0.325 e. The molecule has 0 aliphatic carbocycles. The van der Waals surface area contributed by atoms with Crippen molar-refractivity contribution in [1.29, 1.82) is 0 Å². The highest BCUT2D eigenvalue weighted by molar-refractivity contribution is 7.99. The number of aromatic nitrogens is 4. The first-order valence-electron chi connectivity index (χ1n) is 11.6. The standard InChI is InChI=1S/C26H25N5O3S/c1-17(32)19-12-7-8-13-20(19)27-22(33)16-35-26-28-24-23(21-14-6-3-9-15-30(21)26)25(34)31(29-24)18-10-4-2-5-11-18/h2,4-5,7-8,10-13H,3,6,9,14-16H2,1H3,(H,27,33). The van der Waals surface area contributed by atoms with Crippen molar-refractivity contribution in [2.45, 2.75) is 44.3 Å². The number of nitrogens with one attached hydrogen (secondary N) is 1. The summed E-state index contributed by atoms with van der Waals surface area (Å²) in [6.45, 7) is 2.22. The number of Topliss-reactive ketones (excluding diaryl/α,β-unsaturated/α-hetero) is 1. The number of benzene rings is 2. The molecule has 2 aromatic carbocycles. The van der Waals surface area contributed by atoms with Gasteiger partial charge in [-0.3, -0.25) is 14.4 Å². The maximum absolute atomic E-state index is 13.3. The highest BCUT2D eigenvalue weighted by Crippen LogP contribution is 2.30. The molecule has 9 heteroatoms. The number of ketones is 1. The van der Waals surface area contributed by atoms with E-state index in [1.807, 2.05) is 30.3 Å². The Kier molecular flexibility index (Phi) is 6.50. The van der Waals surface area contributed by atoms with E-state index in [0.29, 0.717) is 33.5 Å². The summed E-state index contributed by atoms with van der Waals surface area (Å²) < 4.78 is 3.48. The number of hydrogen-bond donors (Lipinski definition) is 1. The van der Waals surface area contributed by atoms with Gasteiger partial charge in [0.25, 0.3) is 5.56 Å². The van der Waals surface area contributed by atoms with Gasteiger partial charge in [0.05, 0.1) is 17.1 Å². The summed E-state index contributed by atoms with van der Waals surface area (Å²) in [5.74, 6) is 0.182. The van der Waals surface area contributed by atoms with Crippen molar-refractivity contribution in [2.75, 3.05) is 11.1 Å². The molecule has 3 aliphatic heterocycles. The van der Waals surface area contributed by atoms with E-state index in [1.165, 1.54) is 23.4 Å². The predicted octanol–water partition coefficient (Wildman–Crippen LogP) is 4.19. The van der Waals surface area contributed by atoms with Gasteiger partial charge in [0, 0.05) is 17.8 Å². The van der Waals surface area contributed by atoms with Crippen LogP contribution in [0.4, 0.5) is 5.69 Å². The van der Waals surface area contributed by atoms with Crippen LogP contribution >= 0.6 is 11.8 Å². The van der Waals surface area contributed by atoms with Crippen LogP contribution in [-0.4, -0.2) is 36.8 Å². The van der Waals surface area contributed by atoms with Gasteiger partial charge in [-0.15, -0.1) is 5.10 Å². The fourth-order valence-corrected chi connectivity index (χ4v) is 5.26. The van der Waals surface area contributed by atoms with Crippen LogP contribution in [0.2, 0.25) is 0 Å². The molecule has 0 saturated carbocycles. The van der Waals surface area contributed by atoms with Crippen LogP contribution in [0.5, 0.6) is 0 Å². The quantitative estimate of drug-likeness (QED) is 0.249. The number of para-hydroxylation sites is 2. The fourth-order valence-electron chi connectivity index (χ4n) is 4.42. The molecule has 0 saturated heterocycles. The van der Waals surface area contributed by atoms with Gasteiger partial charge in [0.2, 0.25) is 5.91 Å². The van der Waals surface area contributed by atoms with E-state index in [-0.39, 0.29) is 23.0 Å². The molecule has 5 rings (SSSR count). The topological polar surface area (TPSA) is 98.9 Å². The fraction of sp³-hybridized carbons (Fsp3) is 0.269. The van der Waals surface area contributed by atoms with Gasteiger partial charge in [-0.2, -0.15) is 4.68 Å². The minimum Gasteiger partial charge on any atom is -0.325 e. The van der Waals surface area contributed by atoms with Crippen LogP contribution in [0.15, 0.2) is 64.5 Å². The molecular weight excluding hydrogens is 462 g/mol. The molecule has 178 valence electrons. The Labute approximate surface area is 206 Å². The summed E-state index contributed by atoms with van der Waals surface area (Å²) in [5.41, 5.74) is 2.99. The first-order valence-corrected chi connectivity index (χ1v) is 12.6. The third-order valence-corrected chi connectivity index (χ3v) is 7.06. The van der Waals surface area contributed by atoms with Gasteiger partial charge in [-0.1, -0.05) is 48.5 Å². The van der Waals surface area contributed by atoms with E-state index in [4.69, 9.17) is 4.98 Å². The zero-order valence-electron chi connectivity index (χ0n) is 19.4. The molecule has 1 N–H and O–H groups in total. The van der Waals surface area contributed by atoms with Crippen molar-refractivity contribution in [3.63, 3.8) is 0 Å². The molecule has 35 heavy (non-hydrogen) atoms. The van der Waals surface area contributed by atoms with Gasteiger partial charge >= 0.3 is 0 Å². The number of carbonyl (C=O) groups is 2. The SMILES string of the molecule is CC(=O)c1ccccc1NC(=O)CSc1nc2nn(-c3ccccc3)c(=O)c-2c2n1CCCCC2. The molecule has 0 atom stereocenters. The number of amides is 1. The Morgan fingerprint density at radius 2 is 1.80 bits per heavy atom. The van der Waals surface area contributed by atoms with Gasteiger partial charge in [-0.25, -0.2) is 4.98 Å². The predicted molar refractivity (Wildman–Crippen MR) is 136 cm³/mol. The summed E-state index contributed by atoms with van der Waals surface area (Å²) in [6.07, 6.45) is 3.80. The Hall–Kier alpha value is -3.72. The zero-order chi connectivity index (χ0) is 24.4. The summed E-state index contributed by atoms with van der Waals surface area (Å²) in [6, 6.07) is 16.3. The molecule has 0 radical (unpaired) electrons. The van der Waals surface area contributed by atoms with Gasteiger partial charge in [0.1, 0.15) is 5.56 Å². The van der Waals surface area contributed by atoms with Crippen molar-refractivity contribution in [2.24, 2.45) is 0 Å². The lowest BCUT2D eigenvalue weighted by molar-refractivity contribution is -0.113. The third-order valence-electron chi connectivity index (χ3n) is 6.08. The van der Waals surface area contributed by atoms with E-state index in [2.05, 4.69) is 15.0 Å². The van der Waals surface area contributed by atoms with E-state index >= 15 is 0 Å². The zero-order valence-corrected chi connectivity index (χ0v) is 20.2. The molecular formula is C26H25N5O3S. The monoisotopic (exact) mass is 487 g/mol. The van der Waals surface area contributed by atoms with E-state index in [1.54, 1.807) is 24.3 Å². The average molecular weight is 488 g/mol. The molecule has 1 amide bonds. The molecule has 0 fully saturated rings. The molecule has 0 aromatic heterocycles. The van der Waals surface area contributed by atoms with E-state index < -0.39 is 0 Å². The minimum absolute atomic E-state index is 0.107. The second kappa shape index (κ2) is 9.87. The summed E-state index contributed by atoms with van der Waals surface area (Å²) >= 11 is 1.32. The second-order valence-corrected chi connectivity index (χ2v) is 9.44. The van der Waals surface area contributed by atoms with Crippen LogP contribution in [0.1, 0.15) is 42.2 Å². The Morgan fingerprint density at radius 3 is 2.60 bits per heavy atom. The number of fused-ring (bicyclic) bond motifs is 3. The van der Waals surface area contributed by atoms with Gasteiger partial charge in [0.15, 0.2) is 16.8 Å². The van der Waals surface area contributed by atoms with Crippen molar-refractivity contribution in [3.05, 3.63) is 76.2 Å². The molecule has 0 unspecified atom stereocenters. The minimum atomic E-state index is -0.229. The van der Waals surface area contributed by atoms with Crippen LogP contribution in [0.25, 0.3) is 17.1 Å². The smallest absolute Gasteiger partial charge is 0.284 e. The second-order valence-electron chi connectivity index (χ2n) is 8.49. The van der Waals surface area contributed by atoms with Crippen molar-refractivity contribution < 1.29 is 9.59 Å². The first-order chi connectivity index (χ1) is 17.0. The summed E-state index contributed by atoms with van der Waals surface area (Å²) in [4.78, 5) is 42.7. The molecule has 0 bridgehead atoms. The van der Waals surface area contributed by atoms with Crippen molar-refractivity contribution >= 4 is 29.1 Å². The molecule has 3 heterocycles. The number of carbonyl (C=O) groups excluding carboxylic acids is 2. The lowest BCUT2D eigenvalue weighted by atomic mass is 10.1. The number of rotatable bonds is 6. The Balaban J connectivity index is 1.47. The van der Waals surface area contributed by atoms with E-state index in [0.717, 1.165) is 37.9 Å². The van der Waals surface area contributed by atoms with Crippen molar-refractivity contribution in [1.82, 2.24) is 19.3 Å². The summed E-state index contributed by atoms with van der Waals surface area (Å²) in [7, 11) is 0. The Morgan fingerprint density at radius 1 is 1.03 bits per heavy atom. The number of anilines is 1. The normalized spacial score (nSPS) is 13.3. The van der Waals surface area contributed by atoms with Crippen LogP contribution in [0, 0.1) is 0 Å². The van der Waals surface area contributed by atoms with Gasteiger partial charge in [-0.05, 0) is 50.5 Å². The van der Waals surface area contributed by atoms with Crippen molar-refractivity contribution in [3.8, 4) is 17.1 Å². The number of nitrogens with zero attached hydrogens (tertiary/aromatic N) is 4. The van der Waals surface area contributed by atoms with E-state index in [9.17, 15) is 14.4 Å². The lowest BCUT2D eigenvalue weighted by Gasteiger charge is -2.17. The highest BCUT2D eigenvalue weighted by Gasteiger charge is 2.27. The van der Waals surface area contributed by atoms with Gasteiger partial charge < -0.3 is 9.88 Å². The Bertz CT molecular complexity index is 1430. The maximum atomic E-state index is 13.3. The average Bonchev–Trinajstić information content (AvgIpc) is 3.02. The first kappa shape index (κ1) is 23.0. The van der Waals surface area contributed by atoms with Crippen LogP contribution < -0.4 is 10.9 Å². The number of thioether (sulfide) groups is 1. The molecule has 8 nitrogen and oxygen atoms in total. The maximum Gasteiger partial charge on any atom is 0.284 e. The molecule has 3 aliphatic rings. The third kappa shape index (κ3) is 4.64. The van der Waals surface area contributed by atoms with Crippen LogP contribution in [-0.2, 0) is 17.8 Å². The lowest BCUT2D eigenvalue weighted by Crippen LogP contribution is -2.20. The van der Waals surface area contributed by atoms with Crippen LogP contribution in [0.3, 0.4) is 0 Å². The molecule has 0 spiro atoms. The number of hydrogen-bond acceptors (Lipinski definition) is 6. The molecule has 2 aromatic rings. The summed E-state index contributed by atoms with van der Waals surface area (Å²) in [5, 5.41) is 8.04.